The van der Waals surface area contributed by atoms with Crippen LogP contribution in [0, 0.1) is 12.1 Å². The van der Waals surface area contributed by atoms with Gasteiger partial charge in [0.1, 0.15) is 6.61 Å². The normalized spacial score (nSPS) is 11.6. The molecule has 0 aliphatic heterocycles. The van der Waals surface area contributed by atoms with Crippen LogP contribution < -0.4 is 5.48 Å². The fourth-order valence-electron chi connectivity index (χ4n) is 0.869. The molecule has 2 N–H and O–H groups in total. The Bertz CT molecular complexity index is 387. The number of hydrogen-bond donors (Lipinski definition) is 2. The van der Waals surface area contributed by atoms with E-state index in [1.807, 2.05) is 5.48 Å². The number of amides is 1. The molecular weight excluding hydrogens is 235 g/mol. The van der Waals surface area contributed by atoms with Crippen LogP contribution >= 0.6 is 11.3 Å². The molecule has 1 heterocycles. The summed E-state index contributed by atoms with van der Waals surface area (Å²) in [6.07, 6.45) is 0. The number of carbonyl (C=O) groups excluding carboxylic acids is 1. The molecule has 0 saturated carbocycles. The van der Waals surface area contributed by atoms with Crippen LogP contribution in [0.25, 0.3) is 0 Å². The second kappa shape index (κ2) is 4.86. The van der Waals surface area contributed by atoms with Crippen molar-refractivity contribution in [2.75, 3.05) is 6.61 Å². The predicted molar refractivity (Wildman–Crippen MR) is 56.5 cm³/mol. The third-order valence-corrected chi connectivity index (χ3v) is 2.26. The van der Waals surface area contributed by atoms with E-state index < -0.39 is 16.6 Å². The molecule has 5 nitrogen and oxygen atoms in total. The Hall–Kier alpha value is -1.05. The first-order valence-corrected chi connectivity index (χ1v) is 5.39. The van der Waals surface area contributed by atoms with Crippen LogP contribution in [0.1, 0.15) is 29.3 Å². The van der Waals surface area contributed by atoms with Crippen LogP contribution in [0.2, 0.25) is 0 Å². The molecule has 1 aromatic heterocycles. The minimum atomic E-state index is -1.07. The third kappa shape index (κ3) is 3.84. The predicted octanol–water partition coefficient (Wildman–Crippen LogP) is 1.02. The van der Waals surface area contributed by atoms with Gasteiger partial charge < -0.3 is 5.11 Å². The number of rotatable bonds is 4. The summed E-state index contributed by atoms with van der Waals surface area (Å²) in [4.78, 5) is 19.8. The molecule has 16 heavy (non-hydrogen) atoms. The zero-order valence-electron chi connectivity index (χ0n) is 9.20. The largest absolute Gasteiger partial charge is 0.388 e. The molecule has 0 aromatic carbocycles. The highest BCUT2D eigenvalue weighted by molar-refractivity contribution is 7.10. The Morgan fingerprint density at radius 3 is 2.75 bits per heavy atom. The summed E-state index contributed by atoms with van der Waals surface area (Å²) in [6.45, 7) is 4.55. The van der Waals surface area contributed by atoms with E-state index >= 15 is 0 Å². The van der Waals surface area contributed by atoms with E-state index in [-0.39, 0.29) is 12.3 Å². The summed E-state index contributed by atoms with van der Waals surface area (Å²) in [7, 11) is 0. The first kappa shape index (κ1) is 13.0. The van der Waals surface area contributed by atoms with Crippen molar-refractivity contribution in [1.82, 2.24) is 10.5 Å². The summed E-state index contributed by atoms with van der Waals surface area (Å²) in [6, 6.07) is 0. The topological polar surface area (TPSA) is 71.5 Å². The lowest BCUT2D eigenvalue weighted by Crippen LogP contribution is -2.33. The van der Waals surface area contributed by atoms with E-state index in [1.54, 1.807) is 6.92 Å². The number of carbonyl (C=O) groups is 1. The number of hydroxylamine groups is 1. The van der Waals surface area contributed by atoms with Gasteiger partial charge in [0.2, 0.25) is 5.13 Å². The molecule has 0 atom stereocenters. The van der Waals surface area contributed by atoms with Crippen LogP contribution in [0.4, 0.5) is 4.39 Å². The fourth-order valence-corrected chi connectivity index (χ4v) is 1.50. The van der Waals surface area contributed by atoms with E-state index in [1.165, 1.54) is 13.8 Å². The highest BCUT2D eigenvalue weighted by atomic mass is 32.1. The van der Waals surface area contributed by atoms with Gasteiger partial charge in [-0.05, 0) is 20.8 Å². The summed E-state index contributed by atoms with van der Waals surface area (Å²) in [5.74, 6) is -0.758. The van der Waals surface area contributed by atoms with Crippen molar-refractivity contribution in [3.05, 3.63) is 15.8 Å². The second-order valence-corrected chi connectivity index (χ2v) is 5.04. The number of thiazole rings is 1. The first-order valence-electron chi connectivity index (χ1n) is 4.57. The average molecular weight is 248 g/mol. The Labute approximate surface area is 96.2 Å². The molecule has 90 valence electrons. The molecular formula is C9H13FN2O3S. The fraction of sp³-hybridized carbons (Fsp3) is 0.556. The van der Waals surface area contributed by atoms with Crippen LogP contribution in [0.15, 0.2) is 0 Å². The molecule has 7 heteroatoms. The maximum absolute atomic E-state index is 13.1. The number of halogens is 1. The van der Waals surface area contributed by atoms with Crippen molar-refractivity contribution < 1.29 is 19.1 Å². The van der Waals surface area contributed by atoms with Gasteiger partial charge in [-0.2, -0.15) is 4.39 Å². The Kier molecular flexibility index (Phi) is 3.95. The van der Waals surface area contributed by atoms with Gasteiger partial charge in [-0.15, -0.1) is 0 Å². The molecule has 0 saturated heterocycles. The lowest BCUT2D eigenvalue weighted by molar-refractivity contribution is -0.0524. The summed E-state index contributed by atoms with van der Waals surface area (Å²) in [5, 5.41) is 9.11. The van der Waals surface area contributed by atoms with Crippen molar-refractivity contribution >= 4 is 17.2 Å². The summed E-state index contributed by atoms with van der Waals surface area (Å²) < 4.78 is 13.1. The highest BCUT2D eigenvalue weighted by Gasteiger charge is 2.18. The van der Waals surface area contributed by atoms with Crippen LogP contribution in [-0.4, -0.2) is 28.2 Å². The molecule has 0 aliphatic rings. The maximum Gasteiger partial charge on any atom is 0.297 e. The monoisotopic (exact) mass is 248 g/mol. The number of aliphatic hydroxyl groups is 1. The third-order valence-electron chi connectivity index (χ3n) is 1.50. The van der Waals surface area contributed by atoms with Gasteiger partial charge in [-0.1, -0.05) is 11.3 Å². The molecule has 1 amide bonds. The van der Waals surface area contributed by atoms with Crippen molar-refractivity contribution in [3.63, 3.8) is 0 Å². The molecule has 1 rings (SSSR count). The first-order chi connectivity index (χ1) is 7.29. The van der Waals surface area contributed by atoms with E-state index in [0.29, 0.717) is 5.01 Å². The van der Waals surface area contributed by atoms with Gasteiger partial charge in [-0.25, -0.2) is 10.5 Å². The van der Waals surface area contributed by atoms with Gasteiger partial charge in [-0.3, -0.25) is 9.63 Å². The zero-order chi connectivity index (χ0) is 12.3. The SMILES string of the molecule is Cc1nc(C(=O)NOCC(C)(C)O)c(F)s1. The quantitative estimate of drug-likeness (QED) is 0.780. The summed E-state index contributed by atoms with van der Waals surface area (Å²) >= 11 is 0.793. The zero-order valence-corrected chi connectivity index (χ0v) is 10.0. The number of aryl methyl sites for hydroxylation is 1. The smallest absolute Gasteiger partial charge is 0.297 e. The van der Waals surface area contributed by atoms with Gasteiger partial charge >= 0.3 is 0 Å². The standard InChI is InChI=1S/C9H13FN2O3S/c1-5-11-6(7(10)16-5)8(13)12-15-4-9(2,3)14/h14H,4H2,1-3H3,(H,12,13). The van der Waals surface area contributed by atoms with Crippen molar-refractivity contribution in [2.45, 2.75) is 26.4 Å². The van der Waals surface area contributed by atoms with Crippen LogP contribution in [-0.2, 0) is 4.84 Å². The number of hydrogen-bond acceptors (Lipinski definition) is 5. The molecule has 1 aromatic rings. The van der Waals surface area contributed by atoms with Crippen molar-refractivity contribution in [1.29, 1.82) is 0 Å². The van der Waals surface area contributed by atoms with Crippen LogP contribution in [0.5, 0.6) is 0 Å². The van der Waals surface area contributed by atoms with Gasteiger partial charge in [0, 0.05) is 0 Å². The second-order valence-electron chi connectivity index (χ2n) is 3.89. The molecule has 0 unspecified atom stereocenters. The lowest BCUT2D eigenvalue weighted by atomic mass is 10.2. The minimum absolute atomic E-state index is 0.0938. The van der Waals surface area contributed by atoms with Gasteiger partial charge in [0.25, 0.3) is 5.91 Å². The number of aromatic nitrogens is 1. The van der Waals surface area contributed by atoms with E-state index in [4.69, 9.17) is 4.84 Å². The molecule has 0 bridgehead atoms. The average Bonchev–Trinajstić information content (AvgIpc) is 2.43. The van der Waals surface area contributed by atoms with Gasteiger partial charge in [0.15, 0.2) is 5.69 Å². The van der Waals surface area contributed by atoms with E-state index in [0.717, 1.165) is 11.3 Å². The molecule has 0 spiro atoms. The Balaban J connectivity index is 2.51. The molecule has 0 fully saturated rings. The van der Waals surface area contributed by atoms with Gasteiger partial charge in [0.05, 0.1) is 10.6 Å². The molecule has 0 aliphatic carbocycles. The molecule has 0 radical (unpaired) electrons. The minimum Gasteiger partial charge on any atom is -0.388 e. The Morgan fingerprint density at radius 1 is 1.69 bits per heavy atom. The van der Waals surface area contributed by atoms with Crippen molar-refractivity contribution in [3.8, 4) is 0 Å². The number of nitrogens with one attached hydrogen (secondary N) is 1. The number of nitrogens with zero attached hydrogens (tertiary/aromatic N) is 1. The van der Waals surface area contributed by atoms with E-state index in [9.17, 15) is 14.3 Å². The summed E-state index contributed by atoms with van der Waals surface area (Å²) in [5.41, 5.74) is 0.656. The Morgan fingerprint density at radius 2 is 2.31 bits per heavy atom. The van der Waals surface area contributed by atoms with Crippen LogP contribution in [0.3, 0.4) is 0 Å². The highest BCUT2D eigenvalue weighted by Crippen LogP contribution is 2.15. The van der Waals surface area contributed by atoms with Crippen molar-refractivity contribution in [2.24, 2.45) is 0 Å². The van der Waals surface area contributed by atoms with E-state index in [2.05, 4.69) is 4.98 Å². The maximum atomic E-state index is 13.1. The lowest BCUT2D eigenvalue weighted by Gasteiger charge is -2.16.